The summed E-state index contributed by atoms with van der Waals surface area (Å²) in [4.78, 5) is 1.08. The third-order valence-electron chi connectivity index (χ3n) is 1.88. The normalized spacial score (nSPS) is 16.8. The molecule has 3 heteroatoms. The zero-order valence-electron chi connectivity index (χ0n) is 6.64. The number of benzene rings is 1. The Morgan fingerprint density at radius 1 is 1.42 bits per heavy atom. The molecule has 1 aromatic rings. The molecular weight excluding hydrogens is 173 g/mol. The first kappa shape index (κ1) is 8.08. The Hall–Kier alpha value is -0.540. The van der Waals surface area contributed by atoms with Crippen molar-refractivity contribution in [1.82, 2.24) is 5.32 Å². The van der Waals surface area contributed by atoms with Crippen molar-refractivity contribution < 1.29 is 4.39 Å². The molecule has 0 unspecified atom stereocenters. The van der Waals surface area contributed by atoms with Gasteiger partial charge in [-0.3, -0.25) is 0 Å². The first-order valence-electron chi connectivity index (χ1n) is 3.98. The molecule has 1 heterocycles. The van der Waals surface area contributed by atoms with Crippen LogP contribution in [0.15, 0.2) is 23.1 Å². The zero-order chi connectivity index (χ0) is 8.39. The van der Waals surface area contributed by atoms with E-state index in [-0.39, 0.29) is 5.82 Å². The molecule has 2 rings (SSSR count). The Morgan fingerprint density at radius 2 is 2.33 bits per heavy atom. The Morgan fingerprint density at radius 3 is 3.25 bits per heavy atom. The van der Waals surface area contributed by atoms with Crippen LogP contribution in [0.4, 0.5) is 4.39 Å². The fraction of sp³-hybridized carbons (Fsp3) is 0.333. The maximum Gasteiger partial charge on any atom is 0.124 e. The number of halogens is 1. The average Bonchev–Trinajstić information content (AvgIpc) is 2.28. The Kier molecular flexibility index (Phi) is 2.33. The van der Waals surface area contributed by atoms with Crippen molar-refractivity contribution in [1.29, 1.82) is 0 Å². The third-order valence-corrected chi connectivity index (χ3v) is 2.98. The van der Waals surface area contributed by atoms with Gasteiger partial charge < -0.3 is 5.32 Å². The summed E-state index contributed by atoms with van der Waals surface area (Å²) in [5, 5.41) is 3.28. The van der Waals surface area contributed by atoms with Crippen molar-refractivity contribution in [3.05, 3.63) is 29.6 Å². The quantitative estimate of drug-likeness (QED) is 0.660. The number of hydrogen-bond donors (Lipinski definition) is 1. The molecule has 0 radical (unpaired) electrons. The minimum Gasteiger partial charge on any atom is -0.312 e. The fourth-order valence-electron chi connectivity index (χ4n) is 1.27. The van der Waals surface area contributed by atoms with E-state index in [0.717, 1.165) is 23.7 Å². The van der Waals surface area contributed by atoms with Gasteiger partial charge in [0.25, 0.3) is 0 Å². The van der Waals surface area contributed by atoms with Gasteiger partial charge in [-0.25, -0.2) is 4.39 Å². The van der Waals surface area contributed by atoms with Gasteiger partial charge in [-0.15, -0.1) is 11.8 Å². The molecule has 1 aliphatic rings. The summed E-state index contributed by atoms with van der Waals surface area (Å²) in [6, 6.07) is 5.00. The number of hydrogen-bond acceptors (Lipinski definition) is 2. The average molecular weight is 183 g/mol. The molecule has 1 aliphatic heterocycles. The maximum absolute atomic E-state index is 12.8. The summed E-state index contributed by atoms with van der Waals surface area (Å²) in [6.45, 7) is 1.86. The highest BCUT2D eigenvalue weighted by Crippen LogP contribution is 2.25. The highest BCUT2D eigenvalue weighted by Gasteiger charge is 2.07. The van der Waals surface area contributed by atoms with Crippen LogP contribution in [0.25, 0.3) is 0 Å². The predicted molar refractivity (Wildman–Crippen MR) is 48.8 cm³/mol. The summed E-state index contributed by atoms with van der Waals surface area (Å²) in [5.74, 6) is 0.888. The van der Waals surface area contributed by atoms with Crippen LogP contribution in [0, 0.1) is 5.82 Å². The maximum atomic E-state index is 12.8. The SMILES string of the molecule is Fc1ccc2c(c1)SCCNC2. The summed E-state index contributed by atoms with van der Waals surface area (Å²) >= 11 is 1.72. The molecule has 64 valence electrons. The van der Waals surface area contributed by atoms with Crippen molar-refractivity contribution in [3.8, 4) is 0 Å². The molecule has 0 bridgehead atoms. The minimum atomic E-state index is -0.136. The van der Waals surface area contributed by atoms with Crippen molar-refractivity contribution >= 4 is 11.8 Å². The van der Waals surface area contributed by atoms with Crippen molar-refractivity contribution in [2.24, 2.45) is 0 Å². The Bertz CT molecular complexity index is 288. The van der Waals surface area contributed by atoms with Crippen molar-refractivity contribution in [2.45, 2.75) is 11.4 Å². The number of fused-ring (bicyclic) bond motifs is 1. The molecule has 0 aromatic heterocycles. The molecule has 12 heavy (non-hydrogen) atoms. The second-order valence-corrected chi connectivity index (χ2v) is 3.91. The largest absolute Gasteiger partial charge is 0.312 e. The molecule has 1 aromatic carbocycles. The smallest absolute Gasteiger partial charge is 0.124 e. The van der Waals surface area contributed by atoms with Crippen molar-refractivity contribution in [2.75, 3.05) is 12.3 Å². The molecule has 0 saturated carbocycles. The monoisotopic (exact) mass is 183 g/mol. The lowest BCUT2D eigenvalue weighted by atomic mass is 10.2. The van der Waals surface area contributed by atoms with Gasteiger partial charge in [-0.1, -0.05) is 6.07 Å². The van der Waals surface area contributed by atoms with Crippen LogP contribution in [0.2, 0.25) is 0 Å². The molecular formula is C9H10FNS. The highest BCUT2D eigenvalue weighted by atomic mass is 32.2. The standard InChI is InChI=1S/C9H10FNS/c10-8-2-1-7-6-11-3-4-12-9(7)5-8/h1-2,5,11H,3-4,6H2. The lowest BCUT2D eigenvalue weighted by molar-refractivity contribution is 0.621. The number of rotatable bonds is 0. The zero-order valence-corrected chi connectivity index (χ0v) is 7.46. The highest BCUT2D eigenvalue weighted by molar-refractivity contribution is 7.99. The minimum absolute atomic E-state index is 0.136. The molecule has 0 aliphatic carbocycles. The van der Waals surface area contributed by atoms with Crippen LogP contribution in [-0.4, -0.2) is 12.3 Å². The van der Waals surface area contributed by atoms with Crippen molar-refractivity contribution in [3.63, 3.8) is 0 Å². The van der Waals surface area contributed by atoms with Crippen LogP contribution in [0.3, 0.4) is 0 Å². The molecule has 1 N–H and O–H groups in total. The predicted octanol–water partition coefficient (Wildman–Crippen LogP) is 2.02. The van der Waals surface area contributed by atoms with Crippen LogP contribution in [0.1, 0.15) is 5.56 Å². The van der Waals surface area contributed by atoms with E-state index in [2.05, 4.69) is 5.32 Å². The lowest BCUT2D eigenvalue weighted by Crippen LogP contribution is -2.13. The fourth-order valence-corrected chi connectivity index (χ4v) is 2.25. The van der Waals surface area contributed by atoms with E-state index in [1.807, 2.05) is 6.07 Å². The van der Waals surface area contributed by atoms with Crippen LogP contribution in [-0.2, 0) is 6.54 Å². The van der Waals surface area contributed by atoms with Crippen LogP contribution >= 0.6 is 11.8 Å². The van der Waals surface area contributed by atoms with E-state index in [4.69, 9.17) is 0 Å². The second-order valence-electron chi connectivity index (χ2n) is 2.78. The van der Waals surface area contributed by atoms with Gasteiger partial charge in [-0.05, 0) is 17.7 Å². The summed E-state index contributed by atoms with van der Waals surface area (Å²) in [6.07, 6.45) is 0. The van der Waals surface area contributed by atoms with E-state index in [0.29, 0.717) is 0 Å². The molecule has 0 atom stereocenters. The molecule has 0 fully saturated rings. The Labute approximate surface area is 75.4 Å². The van der Waals surface area contributed by atoms with Gasteiger partial charge in [-0.2, -0.15) is 0 Å². The lowest BCUT2D eigenvalue weighted by Gasteiger charge is -2.03. The van der Waals surface area contributed by atoms with Gasteiger partial charge in [0, 0.05) is 23.7 Å². The molecule has 1 nitrogen and oxygen atoms in total. The van der Waals surface area contributed by atoms with Crippen LogP contribution < -0.4 is 5.32 Å². The summed E-state index contributed by atoms with van der Waals surface area (Å²) in [5.41, 5.74) is 1.21. The van der Waals surface area contributed by atoms with Gasteiger partial charge >= 0.3 is 0 Å². The van der Waals surface area contributed by atoms with Gasteiger partial charge in [0.2, 0.25) is 0 Å². The van der Waals surface area contributed by atoms with E-state index >= 15 is 0 Å². The summed E-state index contributed by atoms with van der Waals surface area (Å²) in [7, 11) is 0. The molecule has 0 saturated heterocycles. The van der Waals surface area contributed by atoms with E-state index in [1.54, 1.807) is 17.8 Å². The first-order valence-corrected chi connectivity index (χ1v) is 4.97. The third kappa shape index (κ3) is 1.62. The van der Waals surface area contributed by atoms with E-state index in [1.165, 1.54) is 11.6 Å². The van der Waals surface area contributed by atoms with Gasteiger partial charge in [0.05, 0.1) is 0 Å². The number of thioether (sulfide) groups is 1. The second kappa shape index (κ2) is 3.46. The summed E-state index contributed by atoms with van der Waals surface area (Å²) < 4.78 is 12.8. The van der Waals surface area contributed by atoms with Gasteiger partial charge in [0.1, 0.15) is 5.82 Å². The number of nitrogens with one attached hydrogen (secondary N) is 1. The van der Waals surface area contributed by atoms with E-state index in [9.17, 15) is 4.39 Å². The molecule has 0 spiro atoms. The van der Waals surface area contributed by atoms with Crippen LogP contribution in [0.5, 0.6) is 0 Å². The van der Waals surface area contributed by atoms with Gasteiger partial charge in [0.15, 0.2) is 0 Å². The topological polar surface area (TPSA) is 12.0 Å². The Balaban J connectivity index is 2.36. The molecule has 0 amide bonds. The van der Waals surface area contributed by atoms with E-state index < -0.39 is 0 Å². The first-order chi connectivity index (χ1) is 5.86.